The molecule has 126 valence electrons. The highest BCUT2D eigenvalue weighted by atomic mass is 16.5. The summed E-state index contributed by atoms with van der Waals surface area (Å²) in [5.41, 5.74) is -0.224. The van der Waals surface area contributed by atoms with E-state index in [9.17, 15) is 9.59 Å². The van der Waals surface area contributed by atoms with Crippen molar-refractivity contribution in [3.63, 3.8) is 0 Å². The first-order valence-corrected chi connectivity index (χ1v) is 8.52. The molecule has 0 aromatic carbocycles. The van der Waals surface area contributed by atoms with E-state index in [2.05, 4.69) is 13.8 Å². The molecule has 1 unspecified atom stereocenters. The van der Waals surface area contributed by atoms with Crippen LogP contribution in [0.4, 0.5) is 0 Å². The molecule has 2 fully saturated rings. The predicted molar refractivity (Wildman–Crippen MR) is 85.4 cm³/mol. The third-order valence-corrected chi connectivity index (χ3v) is 4.77. The van der Waals surface area contributed by atoms with E-state index in [4.69, 9.17) is 4.74 Å². The maximum Gasteiger partial charge on any atom is 0.225 e. The summed E-state index contributed by atoms with van der Waals surface area (Å²) in [6.07, 6.45) is 3.46. The molecule has 2 amide bonds. The monoisotopic (exact) mass is 310 g/mol. The van der Waals surface area contributed by atoms with E-state index < -0.39 is 0 Å². The summed E-state index contributed by atoms with van der Waals surface area (Å²) >= 11 is 0. The average molecular weight is 310 g/mol. The van der Waals surface area contributed by atoms with Crippen LogP contribution in [0, 0.1) is 5.92 Å². The summed E-state index contributed by atoms with van der Waals surface area (Å²) in [6, 6.07) is 0. The van der Waals surface area contributed by atoms with Crippen molar-refractivity contribution in [2.45, 2.75) is 65.0 Å². The van der Waals surface area contributed by atoms with E-state index in [0.717, 1.165) is 32.4 Å². The van der Waals surface area contributed by atoms with Crippen LogP contribution in [0.3, 0.4) is 0 Å². The summed E-state index contributed by atoms with van der Waals surface area (Å²) in [5, 5.41) is 0. The number of hydrogen-bond donors (Lipinski definition) is 0. The number of ether oxygens (including phenoxy) is 1. The lowest BCUT2D eigenvalue weighted by atomic mass is 9.88. The minimum Gasteiger partial charge on any atom is -0.377 e. The molecule has 0 aromatic heterocycles. The van der Waals surface area contributed by atoms with Crippen molar-refractivity contribution < 1.29 is 14.3 Å². The lowest BCUT2D eigenvalue weighted by Crippen LogP contribution is -2.46. The highest BCUT2D eigenvalue weighted by molar-refractivity contribution is 5.81. The molecule has 22 heavy (non-hydrogen) atoms. The second-order valence-electron chi connectivity index (χ2n) is 7.40. The van der Waals surface area contributed by atoms with E-state index in [-0.39, 0.29) is 29.4 Å². The molecule has 2 saturated heterocycles. The second kappa shape index (κ2) is 6.99. The van der Waals surface area contributed by atoms with Crippen molar-refractivity contribution in [3.8, 4) is 0 Å². The molecular formula is C17H30N2O3. The molecule has 0 radical (unpaired) electrons. The highest BCUT2D eigenvalue weighted by Crippen LogP contribution is 2.32. The van der Waals surface area contributed by atoms with Crippen molar-refractivity contribution in [2.75, 3.05) is 26.2 Å². The van der Waals surface area contributed by atoms with Crippen LogP contribution in [0.5, 0.6) is 0 Å². The minimum atomic E-state index is -0.224. The van der Waals surface area contributed by atoms with Gasteiger partial charge in [0, 0.05) is 37.5 Å². The molecule has 0 saturated carbocycles. The second-order valence-corrected chi connectivity index (χ2v) is 7.40. The Morgan fingerprint density at radius 2 is 2.00 bits per heavy atom. The zero-order valence-corrected chi connectivity index (χ0v) is 14.4. The van der Waals surface area contributed by atoms with Gasteiger partial charge in [0.1, 0.15) is 0 Å². The molecule has 2 aliphatic heterocycles. The normalized spacial score (nSPS) is 23.2. The van der Waals surface area contributed by atoms with Crippen LogP contribution in [0.1, 0.15) is 53.4 Å². The summed E-state index contributed by atoms with van der Waals surface area (Å²) in [7, 11) is 0. The zero-order valence-electron chi connectivity index (χ0n) is 14.4. The number of carbonyl (C=O) groups excluding carboxylic acids is 2. The molecule has 2 aliphatic rings. The molecule has 5 heteroatoms. The predicted octanol–water partition coefficient (Wildman–Crippen LogP) is 2.05. The van der Waals surface area contributed by atoms with Crippen LogP contribution in [0.2, 0.25) is 0 Å². The number of likely N-dealkylation sites (tertiary alicyclic amines) is 2. The van der Waals surface area contributed by atoms with Crippen LogP contribution < -0.4 is 0 Å². The van der Waals surface area contributed by atoms with Crippen LogP contribution in [-0.2, 0) is 14.3 Å². The molecule has 2 heterocycles. The first-order valence-electron chi connectivity index (χ1n) is 8.52. The largest absolute Gasteiger partial charge is 0.377 e. The summed E-state index contributed by atoms with van der Waals surface area (Å²) in [6.45, 7) is 11.1. The molecular weight excluding hydrogens is 280 g/mol. The fourth-order valence-electron chi connectivity index (χ4n) is 3.61. The van der Waals surface area contributed by atoms with Gasteiger partial charge in [-0.25, -0.2) is 0 Å². The number of nitrogens with zero attached hydrogens (tertiary/aromatic N) is 2. The fraction of sp³-hybridized carbons (Fsp3) is 0.882. The van der Waals surface area contributed by atoms with Crippen LogP contribution >= 0.6 is 0 Å². The maximum atomic E-state index is 12.5. The molecule has 1 atom stereocenters. The molecule has 5 nitrogen and oxygen atoms in total. The smallest absolute Gasteiger partial charge is 0.225 e. The van der Waals surface area contributed by atoms with Crippen molar-refractivity contribution >= 4 is 11.8 Å². The topological polar surface area (TPSA) is 49.9 Å². The zero-order chi connectivity index (χ0) is 16.3. The lowest BCUT2D eigenvalue weighted by Gasteiger charge is -2.37. The SMILES string of the molecule is CC(C)OCCN1CCC(CC(C)(C)N2CCCC2=O)C1=O. The van der Waals surface area contributed by atoms with Crippen molar-refractivity contribution in [1.82, 2.24) is 9.80 Å². The Balaban J connectivity index is 1.86. The summed E-state index contributed by atoms with van der Waals surface area (Å²) in [4.78, 5) is 28.4. The van der Waals surface area contributed by atoms with Crippen molar-refractivity contribution in [3.05, 3.63) is 0 Å². The molecule has 2 rings (SSSR count). The van der Waals surface area contributed by atoms with Gasteiger partial charge in [0.2, 0.25) is 11.8 Å². The Labute approximate surface area is 134 Å². The number of carbonyl (C=O) groups is 2. The fourth-order valence-corrected chi connectivity index (χ4v) is 3.61. The van der Waals surface area contributed by atoms with Gasteiger partial charge in [0.15, 0.2) is 0 Å². The quantitative estimate of drug-likeness (QED) is 0.723. The average Bonchev–Trinajstić information content (AvgIpc) is 2.99. The lowest BCUT2D eigenvalue weighted by molar-refractivity contribution is -0.136. The van der Waals surface area contributed by atoms with Gasteiger partial charge >= 0.3 is 0 Å². The molecule has 0 aliphatic carbocycles. The summed E-state index contributed by atoms with van der Waals surface area (Å²) < 4.78 is 5.54. The van der Waals surface area contributed by atoms with E-state index >= 15 is 0 Å². The van der Waals surface area contributed by atoms with Gasteiger partial charge < -0.3 is 14.5 Å². The Bertz CT molecular complexity index is 420. The number of amides is 2. The van der Waals surface area contributed by atoms with Gasteiger partial charge in [-0.05, 0) is 47.0 Å². The Morgan fingerprint density at radius 3 is 2.59 bits per heavy atom. The molecule has 0 bridgehead atoms. The summed E-state index contributed by atoms with van der Waals surface area (Å²) in [5.74, 6) is 0.507. The highest BCUT2D eigenvalue weighted by Gasteiger charge is 2.40. The minimum absolute atomic E-state index is 0.0439. The van der Waals surface area contributed by atoms with Gasteiger partial charge in [-0.15, -0.1) is 0 Å². The molecule has 0 N–H and O–H groups in total. The van der Waals surface area contributed by atoms with Crippen LogP contribution in [0.25, 0.3) is 0 Å². The standard InChI is InChI=1S/C17H30N2O3/c1-13(2)22-11-10-18-9-7-14(16(18)21)12-17(3,4)19-8-5-6-15(19)20/h13-14H,5-12H2,1-4H3. The van der Waals surface area contributed by atoms with Crippen LogP contribution in [0.15, 0.2) is 0 Å². The van der Waals surface area contributed by atoms with Crippen molar-refractivity contribution in [1.29, 1.82) is 0 Å². The van der Waals surface area contributed by atoms with Gasteiger partial charge in [-0.3, -0.25) is 9.59 Å². The molecule has 0 aromatic rings. The van der Waals surface area contributed by atoms with E-state index in [1.54, 1.807) is 0 Å². The number of rotatable bonds is 7. The van der Waals surface area contributed by atoms with Gasteiger partial charge in [0.05, 0.1) is 12.7 Å². The first kappa shape index (κ1) is 17.3. The van der Waals surface area contributed by atoms with Crippen LogP contribution in [-0.4, -0.2) is 59.5 Å². The van der Waals surface area contributed by atoms with Gasteiger partial charge in [-0.2, -0.15) is 0 Å². The van der Waals surface area contributed by atoms with E-state index in [0.29, 0.717) is 19.6 Å². The maximum absolute atomic E-state index is 12.5. The Hall–Kier alpha value is -1.10. The number of hydrogen-bond acceptors (Lipinski definition) is 3. The van der Waals surface area contributed by atoms with Gasteiger partial charge in [-0.1, -0.05) is 0 Å². The third kappa shape index (κ3) is 4.00. The Morgan fingerprint density at radius 1 is 1.27 bits per heavy atom. The third-order valence-electron chi connectivity index (χ3n) is 4.77. The van der Waals surface area contributed by atoms with Crippen molar-refractivity contribution in [2.24, 2.45) is 5.92 Å². The first-order chi connectivity index (χ1) is 10.3. The van der Waals surface area contributed by atoms with E-state index in [1.807, 2.05) is 23.6 Å². The van der Waals surface area contributed by atoms with Gasteiger partial charge in [0.25, 0.3) is 0 Å². The van der Waals surface area contributed by atoms with E-state index in [1.165, 1.54) is 0 Å². The molecule has 0 spiro atoms. The Kier molecular flexibility index (Phi) is 5.48.